The van der Waals surface area contributed by atoms with Gasteiger partial charge in [0.15, 0.2) is 0 Å². The molecule has 0 aromatic carbocycles. The van der Waals surface area contributed by atoms with Gasteiger partial charge in [-0.3, -0.25) is 0 Å². The van der Waals surface area contributed by atoms with Gasteiger partial charge < -0.3 is 18.6 Å². The van der Waals surface area contributed by atoms with Crippen molar-refractivity contribution in [2.24, 2.45) is 0 Å². The zero-order chi connectivity index (χ0) is 12.0. The van der Waals surface area contributed by atoms with Gasteiger partial charge in [-0.2, -0.15) is 0 Å². The average molecular weight is 248 g/mol. The Morgan fingerprint density at radius 3 is 2.31 bits per heavy atom. The van der Waals surface area contributed by atoms with E-state index in [0.717, 1.165) is 25.5 Å². The fourth-order valence-corrected chi connectivity index (χ4v) is 5.71. The molecule has 16 heavy (non-hydrogen) atoms. The zero-order valence-corrected chi connectivity index (χ0v) is 12.0. The van der Waals surface area contributed by atoms with Gasteiger partial charge in [0.2, 0.25) is 14.5 Å². The van der Waals surface area contributed by atoms with E-state index in [1.165, 1.54) is 6.42 Å². The first-order valence-corrected chi connectivity index (χ1v) is 7.86. The highest BCUT2D eigenvalue weighted by atomic mass is 28.3. The lowest BCUT2D eigenvalue weighted by Gasteiger charge is -2.42. The topological polar surface area (TPSA) is 36.9 Å². The summed E-state index contributed by atoms with van der Waals surface area (Å²) < 4.78 is 22.7. The summed E-state index contributed by atoms with van der Waals surface area (Å²) in [6, 6.07) is 1.10. The molecular weight excluding hydrogens is 224 g/mol. The third kappa shape index (κ3) is 2.65. The van der Waals surface area contributed by atoms with E-state index in [-0.39, 0.29) is 6.10 Å². The second-order valence-electron chi connectivity index (χ2n) is 4.12. The Morgan fingerprint density at radius 1 is 1.25 bits per heavy atom. The van der Waals surface area contributed by atoms with Gasteiger partial charge >= 0.3 is 0 Å². The Bertz CT molecular complexity index is 186. The van der Waals surface area contributed by atoms with Crippen LogP contribution in [0.15, 0.2) is 0 Å². The van der Waals surface area contributed by atoms with Crippen LogP contribution in [-0.4, -0.2) is 48.5 Å². The lowest BCUT2D eigenvalue weighted by Crippen LogP contribution is -2.60. The van der Waals surface area contributed by atoms with E-state index in [9.17, 15) is 0 Å². The van der Waals surface area contributed by atoms with E-state index in [0.29, 0.717) is 0 Å². The molecule has 0 amide bonds. The van der Waals surface area contributed by atoms with Gasteiger partial charge in [0, 0.05) is 27.9 Å². The molecule has 2 atom stereocenters. The average Bonchev–Trinajstić information content (AvgIpc) is 2.37. The molecule has 0 saturated carbocycles. The number of methoxy groups -OCH3 is 3. The highest BCUT2D eigenvalue weighted by Gasteiger charge is 2.49. The van der Waals surface area contributed by atoms with Crippen LogP contribution in [0.2, 0.25) is 6.04 Å². The summed E-state index contributed by atoms with van der Waals surface area (Å²) in [6.45, 7) is 2.92. The van der Waals surface area contributed by atoms with Crippen molar-refractivity contribution in [1.82, 2.24) is 0 Å². The Kier molecular flexibility index (Phi) is 5.92. The molecule has 1 heterocycles. The molecule has 0 radical (unpaired) electrons. The van der Waals surface area contributed by atoms with Gasteiger partial charge in [-0.1, -0.05) is 13.3 Å². The SMILES string of the molecule is CCC(OC)C(OC)(OC)[SiH]1CCCCO1. The van der Waals surface area contributed by atoms with Crippen LogP contribution in [0.4, 0.5) is 0 Å². The van der Waals surface area contributed by atoms with Crippen molar-refractivity contribution in [2.75, 3.05) is 27.9 Å². The van der Waals surface area contributed by atoms with Gasteiger partial charge in [-0.15, -0.1) is 0 Å². The van der Waals surface area contributed by atoms with E-state index < -0.39 is 14.5 Å². The maximum atomic E-state index is 5.92. The first-order chi connectivity index (χ1) is 7.75. The highest BCUT2D eigenvalue weighted by Crippen LogP contribution is 2.30. The summed E-state index contributed by atoms with van der Waals surface area (Å²) in [7, 11) is 3.55. The highest BCUT2D eigenvalue weighted by molar-refractivity contribution is 6.55. The minimum absolute atomic E-state index is 0.0442. The van der Waals surface area contributed by atoms with Crippen molar-refractivity contribution in [3.63, 3.8) is 0 Å². The minimum Gasteiger partial charge on any atom is -0.414 e. The van der Waals surface area contributed by atoms with Crippen molar-refractivity contribution in [3.05, 3.63) is 0 Å². The third-order valence-electron chi connectivity index (χ3n) is 3.37. The number of hydrogen-bond donors (Lipinski definition) is 0. The smallest absolute Gasteiger partial charge is 0.245 e. The monoisotopic (exact) mass is 248 g/mol. The fraction of sp³-hybridized carbons (Fsp3) is 1.00. The van der Waals surface area contributed by atoms with Crippen LogP contribution < -0.4 is 0 Å². The van der Waals surface area contributed by atoms with E-state index in [4.69, 9.17) is 18.6 Å². The molecular formula is C11H24O4Si. The Morgan fingerprint density at radius 2 is 1.94 bits per heavy atom. The molecule has 0 aliphatic carbocycles. The molecule has 1 aliphatic rings. The van der Waals surface area contributed by atoms with Crippen LogP contribution in [0, 0.1) is 0 Å². The molecule has 1 aliphatic heterocycles. The van der Waals surface area contributed by atoms with Gasteiger partial charge in [0.05, 0.1) is 0 Å². The van der Waals surface area contributed by atoms with Gasteiger partial charge in [-0.25, -0.2) is 0 Å². The summed E-state index contributed by atoms with van der Waals surface area (Å²) in [4.78, 5) is 0. The van der Waals surface area contributed by atoms with Crippen molar-refractivity contribution in [1.29, 1.82) is 0 Å². The summed E-state index contributed by atoms with van der Waals surface area (Å²) in [6.07, 6.45) is 3.19. The Hall–Kier alpha value is 0.0569. The predicted molar refractivity (Wildman–Crippen MR) is 65.0 cm³/mol. The molecule has 4 nitrogen and oxygen atoms in total. The first-order valence-electron chi connectivity index (χ1n) is 5.99. The van der Waals surface area contributed by atoms with E-state index in [1.807, 2.05) is 0 Å². The molecule has 0 aromatic heterocycles. The maximum absolute atomic E-state index is 5.92. The van der Waals surface area contributed by atoms with Crippen molar-refractivity contribution >= 4 is 9.04 Å². The van der Waals surface area contributed by atoms with Crippen molar-refractivity contribution < 1.29 is 18.6 Å². The fourth-order valence-electron chi connectivity index (χ4n) is 2.49. The zero-order valence-electron chi connectivity index (χ0n) is 10.8. The van der Waals surface area contributed by atoms with Gasteiger partial charge in [0.25, 0.3) is 0 Å². The van der Waals surface area contributed by atoms with Crippen molar-refractivity contribution in [3.8, 4) is 0 Å². The van der Waals surface area contributed by atoms with Crippen LogP contribution in [0.5, 0.6) is 0 Å². The molecule has 2 unspecified atom stereocenters. The first kappa shape index (κ1) is 14.1. The minimum atomic E-state index is -1.54. The summed E-state index contributed by atoms with van der Waals surface area (Å²) in [5.41, 5.74) is -0.635. The number of hydrogen-bond acceptors (Lipinski definition) is 4. The van der Waals surface area contributed by atoms with E-state index in [2.05, 4.69) is 6.92 Å². The predicted octanol–water partition coefficient (Wildman–Crippen LogP) is 1.47. The molecule has 1 saturated heterocycles. The largest absolute Gasteiger partial charge is 0.414 e. The van der Waals surface area contributed by atoms with Crippen LogP contribution in [-0.2, 0) is 18.6 Å². The van der Waals surface area contributed by atoms with E-state index in [1.54, 1.807) is 21.3 Å². The normalized spacial score (nSPS) is 24.4. The summed E-state index contributed by atoms with van der Waals surface area (Å²) in [5.74, 6) is 0. The Labute approximate surface area is 99.9 Å². The van der Waals surface area contributed by atoms with Crippen LogP contribution in [0.1, 0.15) is 26.2 Å². The summed E-state index contributed by atoms with van der Waals surface area (Å²) >= 11 is 0. The summed E-state index contributed by atoms with van der Waals surface area (Å²) in [5, 5.41) is 0. The lowest BCUT2D eigenvalue weighted by molar-refractivity contribution is -0.221. The Balaban J connectivity index is 2.83. The number of rotatable bonds is 6. The molecule has 96 valence electrons. The third-order valence-corrected chi connectivity index (χ3v) is 6.68. The molecule has 5 heteroatoms. The van der Waals surface area contributed by atoms with Gasteiger partial charge in [-0.05, 0) is 18.9 Å². The molecule has 0 spiro atoms. The lowest BCUT2D eigenvalue weighted by atomic mass is 10.2. The maximum Gasteiger partial charge on any atom is 0.245 e. The van der Waals surface area contributed by atoms with E-state index >= 15 is 0 Å². The van der Waals surface area contributed by atoms with Crippen molar-refractivity contribution in [2.45, 2.75) is 43.7 Å². The molecule has 0 aromatic rings. The molecule has 1 fully saturated rings. The molecule has 0 N–H and O–H groups in total. The second-order valence-corrected chi connectivity index (χ2v) is 6.81. The van der Waals surface area contributed by atoms with Crippen LogP contribution >= 0.6 is 0 Å². The number of ether oxygens (including phenoxy) is 3. The second kappa shape index (κ2) is 6.71. The molecule has 1 rings (SSSR count). The standard InChI is InChI=1S/C11H24O4Si/c1-5-10(12-2)11(13-3,14-4)16-9-7-6-8-15-16/h10,16H,5-9H2,1-4H3. The van der Waals surface area contributed by atoms with Crippen LogP contribution in [0.25, 0.3) is 0 Å². The quantitative estimate of drug-likeness (QED) is 0.527. The molecule has 0 bridgehead atoms. The van der Waals surface area contributed by atoms with Gasteiger partial charge in [0.1, 0.15) is 6.10 Å². The van der Waals surface area contributed by atoms with Crippen LogP contribution in [0.3, 0.4) is 0 Å².